The summed E-state index contributed by atoms with van der Waals surface area (Å²) in [6.07, 6.45) is 1.82. The van der Waals surface area contributed by atoms with Gasteiger partial charge >= 0.3 is 0 Å². The van der Waals surface area contributed by atoms with Crippen LogP contribution in [0.5, 0.6) is 0 Å². The van der Waals surface area contributed by atoms with Gasteiger partial charge in [0.15, 0.2) is 16.3 Å². The lowest BCUT2D eigenvalue weighted by atomic mass is 10.0. The molecule has 23 heavy (non-hydrogen) atoms. The highest BCUT2D eigenvalue weighted by Gasteiger charge is 2.43. The van der Waals surface area contributed by atoms with E-state index in [2.05, 4.69) is 27.2 Å². The minimum atomic E-state index is -0.946. The van der Waals surface area contributed by atoms with E-state index < -0.39 is 18.2 Å². The molecule has 1 aliphatic rings. The van der Waals surface area contributed by atoms with Crippen LogP contribution in [-0.4, -0.2) is 64.8 Å². The maximum Gasteiger partial charge on any atom is 0.189 e. The molecule has 3 N–H and O–H groups in total. The highest BCUT2D eigenvalue weighted by atomic mass is 32.2. The van der Waals surface area contributed by atoms with Crippen LogP contribution in [0, 0.1) is 5.92 Å². The average Bonchev–Trinajstić information content (AvgIpc) is 3.09. The largest absolute Gasteiger partial charge is 0.396 e. The van der Waals surface area contributed by atoms with E-state index in [-0.39, 0.29) is 12.5 Å². The third-order valence-electron chi connectivity index (χ3n) is 4.21. The van der Waals surface area contributed by atoms with E-state index in [0.29, 0.717) is 29.2 Å². The Balaban J connectivity index is 1.90. The molecule has 1 fully saturated rings. The van der Waals surface area contributed by atoms with Crippen LogP contribution in [0.1, 0.15) is 32.2 Å². The predicted molar refractivity (Wildman–Crippen MR) is 85.0 cm³/mol. The fraction of sp³-hybridized carbons (Fsp3) is 0.714. The number of hydrogen-bond donors (Lipinski definition) is 3. The maximum atomic E-state index is 10.3. The second-order valence-electron chi connectivity index (χ2n) is 5.80. The zero-order valence-electron chi connectivity index (χ0n) is 12.9. The van der Waals surface area contributed by atoms with Crippen molar-refractivity contribution >= 4 is 22.9 Å². The van der Waals surface area contributed by atoms with Crippen molar-refractivity contribution in [2.24, 2.45) is 5.92 Å². The molecule has 1 aliphatic carbocycles. The Labute approximate surface area is 137 Å². The number of fused-ring (bicyclic) bond motifs is 1. The summed E-state index contributed by atoms with van der Waals surface area (Å²) in [5.74, 6) is 0.770. The molecule has 0 radical (unpaired) electrons. The second-order valence-corrected chi connectivity index (χ2v) is 6.86. The summed E-state index contributed by atoms with van der Waals surface area (Å²) in [5, 5.41) is 38.4. The van der Waals surface area contributed by atoms with Gasteiger partial charge in [-0.1, -0.05) is 23.9 Å². The van der Waals surface area contributed by atoms with Gasteiger partial charge in [-0.15, -0.1) is 5.10 Å². The standard InChI is InChI=1S/C14H21N5O3S/c1-2-5-23-14-15-7-9-13(16-14)19(18-17-9)10-6-8(3-4-20)11(21)12(10)22/h7-8,10-12,20-22H,2-6H2,1H3/t8-,10+,11+,12-/m0/s1. The lowest BCUT2D eigenvalue weighted by molar-refractivity contribution is 0.00107. The molecule has 0 amide bonds. The molecule has 0 aliphatic heterocycles. The molecule has 0 saturated heterocycles. The third kappa shape index (κ3) is 3.18. The summed E-state index contributed by atoms with van der Waals surface area (Å²) in [5.41, 5.74) is 1.14. The van der Waals surface area contributed by atoms with Crippen molar-refractivity contribution in [1.82, 2.24) is 25.0 Å². The monoisotopic (exact) mass is 339 g/mol. The molecule has 9 heteroatoms. The zero-order chi connectivity index (χ0) is 16.4. The molecule has 2 aromatic rings. The summed E-state index contributed by atoms with van der Waals surface area (Å²) >= 11 is 1.56. The number of thioether (sulfide) groups is 1. The minimum Gasteiger partial charge on any atom is -0.396 e. The minimum absolute atomic E-state index is 0.0146. The summed E-state index contributed by atoms with van der Waals surface area (Å²) < 4.78 is 1.58. The lowest BCUT2D eigenvalue weighted by Gasteiger charge is -2.16. The average molecular weight is 339 g/mol. The van der Waals surface area contributed by atoms with Gasteiger partial charge < -0.3 is 15.3 Å². The number of hydrogen-bond acceptors (Lipinski definition) is 8. The zero-order valence-corrected chi connectivity index (χ0v) is 13.7. The van der Waals surface area contributed by atoms with Gasteiger partial charge in [0.25, 0.3) is 0 Å². The molecule has 126 valence electrons. The van der Waals surface area contributed by atoms with Crippen LogP contribution < -0.4 is 0 Å². The SMILES string of the molecule is CCCSc1ncc2nnn([C@@H]3C[C@H](CCO)[C@@H](O)[C@H]3O)c2n1. The lowest BCUT2D eigenvalue weighted by Crippen LogP contribution is -2.30. The molecule has 3 rings (SSSR count). The first-order valence-electron chi connectivity index (χ1n) is 7.83. The number of aliphatic hydroxyl groups is 3. The second kappa shape index (κ2) is 7.08. The number of aromatic nitrogens is 5. The molecule has 0 bridgehead atoms. The van der Waals surface area contributed by atoms with Gasteiger partial charge in [0.1, 0.15) is 6.10 Å². The van der Waals surface area contributed by atoms with Gasteiger partial charge in [0.05, 0.1) is 18.3 Å². The number of rotatable bonds is 6. The molecule has 0 unspecified atom stereocenters. The highest BCUT2D eigenvalue weighted by Crippen LogP contribution is 2.37. The van der Waals surface area contributed by atoms with Crippen LogP contribution in [0.25, 0.3) is 11.2 Å². The highest BCUT2D eigenvalue weighted by molar-refractivity contribution is 7.99. The van der Waals surface area contributed by atoms with Crippen LogP contribution in [0.4, 0.5) is 0 Å². The van der Waals surface area contributed by atoms with Crippen LogP contribution in [0.3, 0.4) is 0 Å². The van der Waals surface area contributed by atoms with Gasteiger partial charge in [0.2, 0.25) is 0 Å². The van der Waals surface area contributed by atoms with Crippen LogP contribution in [0.15, 0.2) is 11.4 Å². The van der Waals surface area contributed by atoms with E-state index in [9.17, 15) is 10.2 Å². The summed E-state index contributed by atoms with van der Waals surface area (Å²) in [6, 6.07) is -0.398. The molecule has 0 spiro atoms. The first-order chi connectivity index (χ1) is 11.2. The van der Waals surface area contributed by atoms with Gasteiger partial charge in [-0.3, -0.25) is 0 Å². The Morgan fingerprint density at radius 1 is 1.35 bits per heavy atom. The van der Waals surface area contributed by atoms with Crippen LogP contribution in [0.2, 0.25) is 0 Å². The van der Waals surface area contributed by atoms with Gasteiger partial charge in [-0.05, 0) is 25.2 Å². The van der Waals surface area contributed by atoms with Gasteiger partial charge in [-0.2, -0.15) is 0 Å². The topological polar surface area (TPSA) is 117 Å². The Hall–Kier alpha value is -1.29. The number of nitrogens with zero attached hydrogens (tertiary/aromatic N) is 5. The van der Waals surface area contributed by atoms with Crippen LogP contribution >= 0.6 is 11.8 Å². The molecule has 8 nitrogen and oxygen atoms in total. The Bertz CT molecular complexity index is 667. The molecule has 1 saturated carbocycles. The molecule has 2 aromatic heterocycles. The normalized spacial score (nSPS) is 27.8. The Morgan fingerprint density at radius 3 is 2.91 bits per heavy atom. The molecular weight excluding hydrogens is 318 g/mol. The van der Waals surface area contributed by atoms with Crippen molar-refractivity contribution in [3.8, 4) is 0 Å². The predicted octanol–water partition coefficient (Wildman–Crippen LogP) is 0.389. The van der Waals surface area contributed by atoms with Crippen molar-refractivity contribution in [2.75, 3.05) is 12.4 Å². The van der Waals surface area contributed by atoms with E-state index >= 15 is 0 Å². The van der Waals surface area contributed by atoms with E-state index in [1.807, 2.05) is 0 Å². The van der Waals surface area contributed by atoms with Crippen molar-refractivity contribution < 1.29 is 15.3 Å². The summed E-state index contributed by atoms with van der Waals surface area (Å²) in [6.45, 7) is 2.08. The fourth-order valence-corrected chi connectivity index (χ4v) is 3.67. The molecular formula is C14H21N5O3S. The molecule has 4 atom stereocenters. The Morgan fingerprint density at radius 2 is 2.17 bits per heavy atom. The van der Waals surface area contributed by atoms with Crippen molar-refractivity contribution in [2.45, 2.75) is 49.6 Å². The van der Waals surface area contributed by atoms with Crippen molar-refractivity contribution in [1.29, 1.82) is 0 Å². The van der Waals surface area contributed by atoms with Gasteiger partial charge in [0, 0.05) is 12.4 Å². The van der Waals surface area contributed by atoms with Gasteiger partial charge in [-0.25, -0.2) is 14.6 Å². The molecule has 0 aromatic carbocycles. The quantitative estimate of drug-likeness (QED) is 0.511. The maximum absolute atomic E-state index is 10.3. The first kappa shape index (κ1) is 16.6. The smallest absolute Gasteiger partial charge is 0.189 e. The molecule has 2 heterocycles. The van der Waals surface area contributed by atoms with E-state index in [1.165, 1.54) is 0 Å². The van der Waals surface area contributed by atoms with E-state index in [0.717, 1.165) is 12.2 Å². The Kier molecular flexibility index (Phi) is 5.10. The fourth-order valence-electron chi connectivity index (χ4n) is 3.01. The summed E-state index contributed by atoms with van der Waals surface area (Å²) in [7, 11) is 0. The van der Waals surface area contributed by atoms with Crippen molar-refractivity contribution in [3.63, 3.8) is 0 Å². The summed E-state index contributed by atoms with van der Waals surface area (Å²) in [4.78, 5) is 8.75. The van der Waals surface area contributed by atoms with E-state index in [1.54, 1.807) is 22.6 Å². The van der Waals surface area contributed by atoms with E-state index in [4.69, 9.17) is 5.11 Å². The van der Waals surface area contributed by atoms with Crippen molar-refractivity contribution in [3.05, 3.63) is 6.20 Å². The third-order valence-corrected chi connectivity index (χ3v) is 5.28. The van der Waals surface area contributed by atoms with Crippen LogP contribution in [-0.2, 0) is 0 Å². The number of aliphatic hydroxyl groups excluding tert-OH is 3. The first-order valence-corrected chi connectivity index (χ1v) is 8.82.